The first-order valence-electron chi connectivity index (χ1n) is 7.22. The molecule has 0 radical (unpaired) electrons. The fourth-order valence-corrected chi connectivity index (χ4v) is 6.12. The quantitative estimate of drug-likeness (QED) is 0.810. The number of hydrogen-bond donors (Lipinski definition) is 2. The Hall–Kier alpha value is -1.28. The number of sulfonamides is 1. The molecule has 0 saturated carbocycles. The molecule has 3 N–H and O–H groups in total. The maximum absolute atomic E-state index is 12.7. The lowest BCUT2D eigenvalue weighted by Crippen LogP contribution is -2.19. The number of primary amides is 1. The highest BCUT2D eigenvalue weighted by atomic mass is 35.5. The van der Waals surface area contributed by atoms with Gasteiger partial charge in [-0.25, -0.2) is 8.42 Å². The van der Waals surface area contributed by atoms with E-state index >= 15 is 0 Å². The van der Waals surface area contributed by atoms with Gasteiger partial charge in [0.2, 0.25) is 0 Å². The van der Waals surface area contributed by atoms with Gasteiger partial charge in [-0.1, -0.05) is 23.2 Å². The Morgan fingerprint density at radius 3 is 2.62 bits per heavy atom. The molecule has 1 amide bonds. The fraction of sp³-hybridized carbons (Fsp3) is 0.267. The minimum absolute atomic E-state index is 0.0499. The van der Waals surface area contributed by atoms with Crippen LogP contribution in [0, 0.1) is 0 Å². The molecule has 2 aromatic rings. The van der Waals surface area contributed by atoms with E-state index in [2.05, 4.69) is 4.72 Å². The number of fused-ring (bicyclic) bond motifs is 1. The van der Waals surface area contributed by atoms with E-state index in [1.165, 1.54) is 29.5 Å². The molecule has 0 unspecified atom stereocenters. The van der Waals surface area contributed by atoms with Gasteiger partial charge in [0.15, 0.2) is 0 Å². The van der Waals surface area contributed by atoms with Crippen LogP contribution in [0.5, 0.6) is 0 Å². The van der Waals surface area contributed by atoms with Crippen LogP contribution in [0.4, 0.5) is 5.00 Å². The Bertz CT molecular complexity index is 923. The largest absolute Gasteiger partial charge is 0.365 e. The lowest BCUT2D eigenvalue weighted by atomic mass is 9.95. The van der Waals surface area contributed by atoms with Crippen molar-refractivity contribution in [2.45, 2.75) is 30.6 Å². The minimum atomic E-state index is -3.99. The van der Waals surface area contributed by atoms with Gasteiger partial charge in [-0.2, -0.15) is 0 Å². The van der Waals surface area contributed by atoms with E-state index in [9.17, 15) is 13.2 Å². The summed E-state index contributed by atoms with van der Waals surface area (Å²) < 4.78 is 27.8. The number of carbonyl (C=O) groups is 1. The zero-order valence-electron chi connectivity index (χ0n) is 12.4. The average molecular weight is 405 g/mol. The van der Waals surface area contributed by atoms with Crippen LogP contribution >= 0.6 is 34.5 Å². The molecule has 0 fully saturated rings. The van der Waals surface area contributed by atoms with E-state index in [1.54, 1.807) is 0 Å². The second-order valence-electron chi connectivity index (χ2n) is 5.46. The third kappa shape index (κ3) is 3.26. The van der Waals surface area contributed by atoms with Crippen LogP contribution in [-0.2, 0) is 22.9 Å². The molecular formula is C15H14Cl2N2O3S2. The van der Waals surface area contributed by atoms with Gasteiger partial charge < -0.3 is 5.73 Å². The van der Waals surface area contributed by atoms with Gasteiger partial charge in [-0.05, 0) is 49.4 Å². The molecule has 0 spiro atoms. The van der Waals surface area contributed by atoms with Crippen molar-refractivity contribution in [3.8, 4) is 0 Å². The summed E-state index contributed by atoms with van der Waals surface area (Å²) in [7, 11) is -3.99. The van der Waals surface area contributed by atoms with Crippen molar-refractivity contribution in [1.29, 1.82) is 0 Å². The van der Waals surface area contributed by atoms with Crippen LogP contribution in [-0.4, -0.2) is 14.3 Å². The van der Waals surface area contributed by atoms with Crippen molar-refractivity contribution in [2.24, 2.45) is 5.73 Å². The van der Waals surface area contributed by atoms with Crippen LogP contribution in [0.15, 0.2) is 23.1 Å². The molecule has 1 heterocycles. The Kier molecular flexibility index (Phi) is 4.79. The molecule has 1 aromatic carbocycles. The number of rotatable bonds is 4. The van der Waals surface area contributed by atoms with E-state index < -0.39 is 15.9 Å². The lowest BCUT2D eigenvalue weighted by molar-refractivity contribution is 0.100. The normalized spacial score (nSPS) is 14.2. The lowest BCUT2D eigenvalue weighted by Gasteiger charge is -2.11. The maximum atomic E-state index is 12.7. The molecule has 0 aliphatic heterocycles. The van der Waals surface area contributed by atoms with Crippen molar-refractivity contribution < 1.29 is 13.2 Å². The number of benzene rings is 1. The van der Waals surface area contributed by atoms with Gasteiger partial charge in [-0.15, -0.1) is 11.3 Å². The van der Waals surface area contributed by atoms with Crippen molar-refractivity contribution in [3.63, 3.8) is 0 Å². The summed E-state index contributed by atoms with van der Waals surface area (Å²) in [5.74, 6) is -0.635. The van der Waals surface area contributed by atoms with Gasteiger partial charge in [-0.3, -0.25) is 9.52 Å². The number of halogens is 2. The summed E-state index contributed by atoms with van der Waals surface area (Å²) in [6, 6.07) is 4.18. The maximum Gasteiger partial charge on any atom is 0.264 e. The predicted molar refractivity (Wildman–Crippen MR) is 96.7 cm³/mol. The number of amides is 1. The van der Waals surface area contributed by atoms with Crippen LogP contribution in [0.3, 0.4) is 0 Å². The number of carbonyl (C=O) groups excluding carboxylic acids is 1. The summed E-state index contributed by atoms with van der Waals surface area (Å²) in [5, 5.41) is 0.541. The van der Waals surface area contributed by atoms with Crippen LogP contribution < -0.4 is 10.5 Å². The smallest absolute Gasteiger partial charge is 0.264 e. The Balaban J connectivity index is 2.06. The highest BCUT2D eigenvalue weighted by Gasteiger charge is 2.27. The van der Waals surface area contributed by atoms with Gasteiger partial charge in [0, 0.05) is 9.90 Å². The highest BCUT2D eigenvalue weighted by molar-refractivity contribution is 7.93. The molecule has 0 atom stereocenters. The molecule has 9 heteroatoms. The van der Waals surface area contributed by atoms with Crippen molar-refractivity contribution in [3.05, 3.63) is 44.2 Å². The van der Waals surface area contributed by atoms with Crippen LogP contribution in [0.25, 0.3) is 0 Å². The highest BCUT2D eigenvalue weighted by Crippen LogP contribution is 2.39. The van der Waals surface area contributed by atoms with Gasteiger partial charge in [0.25, 0.3) is 15.9 Å². The van der Waals surface area contributed by atoms with Crippen molar-refractivity contribution >= 4 is 55.5 Å². The monoisotopic (exact) mass is 404 g/mol. The summed E-state index contributed by atoms with van der Waals surface area (Å²) in [6.45, 7) is 0. The summed E-state index contributed by atoms with van der Waals surface area (Å²) in [6.07, 6.45) is 3.51. The molecule has 5 nitrogen and oxygen atoms in total. The van der Waals surface area contributed by atoms with Gasteiger partial charge in [0.05, 0.1) is 10.6 Å². The molecule has 1 aliphatic carbocycles. The molecule has 24 heavy (non-hydrogen) atoms. The predicted octanol–water partition coefficient (Wildman–Crippen LogP) is 3.83. The first-order valence-corrected chi connectivity index (χ1v) is 10.3. The zero-order chi connectivity index (χ0) is 17.5. The minimum Gasteiger partial charge on any atom is -0.365 e. The third-order valence-corrected chi connectivity index (χ3v) is 7.23. The Labute approximate surface area is 153 Å². The number of nitrogens with two attached hydrogens (primary N) is 1. The molecular weight excluding hydrogens is 391 g/mol. The van der Waals surface area contributed by atoms with Crippen molar-refractivity contribution in [2.75, 3.05) is 4.72 Å². The molecule has 0 saturated heterocycles. The van der Waals surface area contributed by atoms with Crippen LogP contribution in [0.2, 0.25) is 10.0 Å². The van der Waals surface area contributed by atoms with Gasteiger partial charge >= 0.3 is 0 Å². The molecule has 1 aliphatic rings. The number of hydrogen-bond acceptors (Lipinski definition) is 4. The number of aryl methyl sites for hydroxylation is 1. The zero-order valence-corrected chi connectivity index (χ0v) is 15.6. The van der Waals surface area contributed by atoms with E-state index in [0.717, 1.165) is 36.1 Å². The standard InChI is InChI=1S/C15H14Cl2N2O3S2/c16-8-5-6-10(17)12(7-8)24(21,22)19-15-13(14(18)20)9-3-1-2-4-11(9)23-15/h5-7,19H,1-4H2,(H2,18,20). The van der Waals surface area contributed by atoms with E-state index in [4.69, 9.17) is 28.9 Å². The average Bonchev–Trinajstić information content (AvgIpc) is 2.86. The van der Waals surface area contributed by atoms with E-state index in [1.807, 2.05) is 0 Å². The van der Waals surface area contributed by atoms with Crippen molar-refractivity contribution in [1.82, 2.24) is 0 Å². The van der Waals surface area contributed by atoms with E-state index in [-0.39, 0.29) is 25.5 Å². The SMILES string of the molecule is NC(=O)c1c(NS(=O)(=O)c2cc(Cl)ccc2Cl)sc2c1CCCC2. The molecule has 1 aromatic heterocycles. The molecule has 0 bridgehead atoms. The molecule has 128 valence electrons. The third-order valence-electron chi connectivity index (χ3n) is 3.83. The molecule has 3 rings (SSSR count). The van der Waals surface area contributed by atoms with Gasteiger partial charge in [0.1, 0.15) is 9.90 Å². The second-order valence-corrected chi connectivity index (χ2v) is 9.06. The van der Waals surface area contributed by atoms with Crippen LogP contribution in [0.1, 0.15) is 33.6 Å². The van der Waals surface area contributed by atoms with E-state index in [0.29, 0.717) is 0 Å². The topological polar surface area (TPSA) is 89.3 Å². The Morgan fingerprint density at radius 2 is 1.92 bits per heavy atom. The Morgan fingerprint density at radius 1 is 1.21 bits per heavy atom. The number of anilines is 1. The first-order chi connectivity index (χ1) is 11.3. The number of nitrogens with one attached hydrogen (secondary N) is 1. The summed E-state index contributed by atoms with van der Waals surface area (Å²) in [4.78, 5) is 12.7. The number of thiophene rings is 1. The summed E-state index contributed by atoms with van der Waals surface area (Å²) in [5.41, 5.74) is 6.60. The summed E-state index contributed by atoms with van der Waals surface area (Å²) >= 11 is 13.1. The second kappa shape index (κ2) is 6.55. The first kappa shape index (κ1) is 17.5. The fourth-order valence-electron chi connectivity index (χ4n) is 2.76.